The SMILES string of the molecule is COc1c[nH]c(C(=O)NCc2cccc(Cl)c2)cc1=O. The second kappa shape index (κ2) is 6.25. The van der Waals surface area contributed by atoms with Gasteiger partial charge in [0.1, 0.15) is 5.69 Å². The van der Waals surface area contributed by atoms with Crippen molar-refractivity contribution in [2.45, 2.75) is 6.54 Å². The molecule has 0 saturated carbocycles. The molecule has 0 aliphatic rings. The molecular formula is C14H13ClN2O3. The molecule has 0 atom stereocenters. The number of carbonyl (C=O) groups excluding carboxylic acids is 1. The Hall–Kier alpha value is -2.27. The number of carbonyl (C=O) groups is 1. The van der Waals surface area contributed by atoms with Crippen LogP contribution in [0.4, 0.5) is 0 Å². The monoisotopic (exact) mass is 292 g/mol. The second-order valence-electron chi connectivity index (χ2n) is 4.09. The highest BCUT2D eigenvalue weighted by molar-refractivity contribution is 6.30. The van der Waals surface area contributed by atoms with Crippen molar-refractivity contribution in [3.05, 3.63) is 63.0 Å². The Labute approximate surface area is 120 Å². The summed E-state index contributed by atoms with van der Waals surface area (Å²) >= 11 is 5.86. The van der Waals surface area contributed by atoms with Crippen LogP contribution < -0.4 is 15.5 Å². The molecule has 0 aliphatic heterocycles. The molecule has 1 amide bonds. The van der Waals surface area contributed by atoms with E-state index in [1.54, 1.807) is 18.2 Å². The zero-order chi connectivity index (χ0) is 14.5. The lowest BCUT2D eigenvalue weighted by Gasteiger charge is -2.06. The zero-order valence-electron chi connectivity index (χ0n) is 10.8. The van der Waals surface area contributed by atoms with E-state index in [0.29, 0.717) is 11.6 Å². The van der Waals surface area contributed by atoms with Crippen molar-refractivity contribution in [3.63, 3.8) is 0 Å². The fourth-order valence-corrected chi connectivity index (χ4v) is 1.89. The summed E-state index contributed by atoms with van der Waals surface area (Å²) in [6, 6.07) is 8.38. The maximum Gasteiger partial charge on any atom is 0.268 e. The van der Waals surface area contributed by atoms with E-state index in [2.05, 4.69) is 10.3 Å². The molecule has 0 bridgehead atoms. The predicted octanol–water partition coefficient (Wildman–Crippen LogP) is 1.97. The molecule has 1 aromatic carbocycles. The molecule has 0 radical (unpaired) electrons. The number of methoxy groups -OCH3 is 1. The van der Waals surface area contributed by atoms with E-state index in [1.807, 2.05) is 6.07 Å². The van der Waals surface area contributed by atoms with Gasteiger partial charge < -0.3 is 15.0 Å². The number of ether oxygens (including phenoxy) is 1. The van der Waals surface area contributed by atoms with Crippen molar-refractivity contribution in [2.75, 3.05) is 7.11 Å². The highest BCUT2D eigenvalue weighted by Gasteiger charge is 2.08. The van der Waals surface area contributed by atoms with Crippen LogP contribution in [0.2, 0.25) is 5.02 Å². The number of amides is 1. The Kier molecular flexibility index (Phi) is 4.42. The Morgan fingerprint density at radius 1 is 1.40 bits per heavy atom. The Morgan fingerprint density at radius 2 is 2.20 bits per heavy atom. The quantitative estimate of drug-likeness (QED) is 0.905. The first kappa shape index (κ1) is 14.1. The molecule has 5 nitrogen and oxygen atoms in total. The van der Waals surface area contributed by atoms with E-state index >= 15 is 0 Å². The fraction of sp³-hybridized carbons (Fsp3) is 0.143. The largest absolute Gasteiger partial charge is 0.491 e. The fourth-order valence-electron chi connectivity index (χ4n) is 1.67. The minimum Gasteiger partial charge on any atom is -0.491 e. The first-order chi connectivity index (χ1) is 9.60. The van der Waals surface area contributed by atoms with Crippen LogP contribution in [0, 0.1) is 0 Å². The molecule has 1 heterocycles. The van der Waals surface area contributed by atoms with Crippen molar-refractivity contribution in [2.24, 2.45) is 0 Å². The third kappa shape index (κ3) is 3.39. The van der Waals surface area contributed by atoms with Crippen molar-refractivity contribution in [1.29, 1.82) is 0 Å². The number of hydrogen-bond acceptors (Lipinski definition) is 3. The molecule has 0 aliphatic carbocycles. The summed E-state index contributed by atoms with van der Waals surface area (Å²) in [4.78, 5) is 26.2. The third-order valence-electron chi connectivity index (χ3n) is 2.68. The Morgan fingerprint density at radius 3 is 2.85 bits per heavy atom. The van der Waals surface area contributed by atoms with E-state index in [9.17, 15) is 9.59 Å². The number of H-pyrrole nitrogens is 1. The van der Waals surface area contributed by atoms with Gasteiger partial charge in [0.2, 0.25) is 5.43 Å². The minimum absolute atomic E-state index is 0.163. The van der Waals surface area contributed by atoms with E-state index in [4.69, 9.17) is 16.3 Å². The van der Waals surface area contributed by atoms with Gasteiger partial charge in [-0.1, -0.05) is 23.7 Å². The summed E-state index contributed by atoms with van der Waals surface area (Å²) in [5.41, 5.74) is 0.707. The van der Waals surface area contributed by atoms with Crippen LogP contribution in [-0.2, 0) is 6.54 Å². The number of rotatable bonds is 4. The first-order valence-corrected chi connectivity index (χ1v) is 6.27. The van der Waals surface area contributed by atoms with Crippen LogP contribution in [0.1, 0.15) is 16.1 Å². The van der Waals surface area contributed by atoms with Crippen LogP contribution in [0.15, 0.2) is 41.3 Å². The number of aromatic nitrogens is 1. The van der Waals surface area contributed by atoms with Gasteiger partial charge in [-0.15, -0.1) is 0 Å². The Balaban J connectivity index is 2.05. The highest BCUT2D eigenvalue weighted by atomic mass is 35.5. The molecule has 6 heteroatoms. The lowest BCUT2D eigenvalue weighted by Crippen LogP contribution is -2.25. The average Bonchev–Trinajstić information content (AvgIpc) is 2.44. The van der Waals surface area contributed by atoms with Gasteiger partial charge in [0, 0.05) is 23.8 Å². The lowest BCUT2D eigenvalue weighted by atomic mass is 10.2. The van der Waals surface area contributed by atoms with Crippen LogP contribution in [-0.4, -0.2) is 18.0 Å². The van der Waals surface area contributed by atoms with Gasteiger partial charge >= 0.3 is 0 Å². The van der Waals surface area contributed by atoms with E-state index in [1.165, 1.54) is 19.4 Å². The van der Waals surface area contributed by atoms with Gasteiger partial charge in [0.15, 0.2) is 5.75 Å². The minimum atomic E-state index is -0.371. The van der Waals surface area contributed by atoms with Crippen molar-refractivity contribution in [1.82, 2.24) is 10.3 Å². The molecule has 2 rings (SSSR count). The zero-order valence-corrected chi connectivity index (χ0v) is 11.5. The summed E-state index contributed by atoms with van der Waals surface area (Å²) < 4.78 is 4.83. The van der Waals surface area contributed by atoms with Crippen LogP contribution in [0.3, 0.4) is 0 Å². The predicted molar refractivity (Wildman–Crippen MR) is 76.2 cm³/mol. The van der Waals surface area contributed by atoms with Crippen molar-refractivity contribution >= 4 is 17.5 Å². The van der Waals surface area contributed by atoms with Crippen molar-refractivity contribution < 1.29 is 9.53 Å². The van der Waals surface area contributed by atoms with E-state index in [-0.39, 0.29) is 22.8 Å². The van der Waals surface area contributed by atoms with Crippen LogP contribution in [0.5, 0.6) is 5.75 Å². The van der Waals surface area contributed by atoms with Crippen LogP contribution in [0.25, 0.3) is 0 Å². The maximum atomic E-state index is 11.9. The molecule has 2 N–H and O–H groups in total. The van der Waals surface area contributed by atoms with Gasteiger partial charge in [0.25, 0.3) is 5.91 Å². The lowest BCUT2D eigenvalue weighted by molar-refractivity contribution is 0.0945. The summed E-state index contributed by atoms with van der Waals surface area (Å²) in [6.45, 7) is 0.327. The van der Waals surface area contributed by atoms with Gasteiger partial charge in [-0.2, -0.15) is 0 Å². The summed E-state index contributed by atoms with van der Waals surface area (Å²) in [7, 11) is 1.39. The van der Waals surface area contributed by atoms with Gasteiger partial charge in [0.05, 0.1) is 7.11 Å². The molecule has 2 aromatic rings. The second-order valence-corrected chi connectivity index (χ2v) is 4.53. The number of pyridine rings is 1. The molecule has 0 unspecified atom stereocenters. The summed E-state index contributed by atoms with van der Waals surface area (Å²) in [5, 5.41) is 3.30. The molecule has 1 aromatic heterocycles. The standard InChI is InChI=1S/C14H13ClN2O3/c1-20-13-8-16-11(6-12(13)18)14(19)17-7-9-3-2-4-10(15)5-9/h2-6,8H,7H2,1H3,(H,16,18)(H,17,19). The number of halogens is 1. The first-order valence-electron chi connectivity index (χ1n) is 5.89. The topological polar surface area (TPSA) is 71.2 Å². The molecule has 20 heavy (non-hydrogen) atoms. The summed E-state index contributed by atoms with van der Waals surface area (Å²) in [6.07, 6.45) is 1.36. The number of hydrogen-bond donors (Lipinski definition) is 2. The normalized spacial score (nSPS) is 10.1. The molecule has 0 spiro atoms. The number of aromatic amines is 1. The van der Waals surface area contributed by atoms with E-state index < -0.39 is 0 Å². The van der Waals surface area contributed by atoms with Gasteiger partial charge in [-0.25, -0.2) is 0 Å². The smallest absolute Gasteiger partial charge is 0.268 e. The molecule has 0 fully saturated rings. The maximum absolute atomic E-state index is 11.9. The summed E-state index contributed by atoms with van der Waals surface area (Å²) in [5.74, 6) is -0.207. The molecule has 104 valence electrons. The number of nitrogens with one attached hydrogen (secondary N) is 2. The third-order valence-corrected chi connectivity index (χ3v) is 2.92. The average molecular weight is 293 g/mol. The van der Waals surface area contributed by atoms with E-state index in [0.717, 1.165) is 5.56 Å². The van der Waals surface area contributed by atoms with Gasteiger partial charge in [-0.05, 0) is 17.7 Å². The van der Waals surface area contributed by atoms with Gasteiger partial charge in [-0.3, -0.25) is 9.59 Å². The number of benzene rings is 1. The Bertz CT molecular complexity index is 682. The van der Waals surface area contributed by atoms with Crippen LogP contribution >= 0.6 is 11.6 Å². The molecule has 0 saturated heterocycles. The highest BCUT2D eigenvalue weighted by Crippen LogP contribution is 2.10. The van der Waals surface area contributed by atoms with Crippen molar-refractivity contribution in [3.8, 4) is 5.75 Å². The molecular weight excluding hydrogens is 280 g/mol.